The van der Waals surface area contributed by atoms with Gasteiger partial charge in [0.15, 0.2) is 9.84 Å². The largest absolute Gasteiger partial charge is 0.478 e. The van der Waals surface area contributed by atoms with Gasteiger partial charge in [-0.3, -0.25) is 0 Å². The first-order valence-corrected chi connectivity index (χ1v) is 7.71. The van der Waals surface area contributed by atoms with Crippen LogP contribution in [-0.2, 0) is 9.84 Å². The minimum atomic E-state index is -3.38. The Bertz CT molecular complexity index is 548. The molecule has 0 radical (unpaired) electrons. The molecule has 2 N–H and O–H groups in total. The van der Waals surface area contributed by atoms with Crippen molar-refractivity contribution >= 4 is 15.8 Å². The number of hydrogen-bond donors (Lipinski definition) is 2. The van der Waals surface area contributed by atoms with Gasteiger partial charge in [0.1, 0.15) is 0 Å². The molecule has 0 fully saturated rings. The first kappa shape index (κ1) is 15.7. The van der Waals surface area contributed by atoms with E-state index in [2.05, 4.69) is 0 Å². The number of unbranched alkanes of at least 4 members (excludes halogenated alkanes) is 2. The van der Waals surface area contributed by atoms with Crippen LogP contribution in [0.1, 0.15) is 35.2 Å². The summed E-state index contributed by atoms with van der Waals surface area (Å²) in [6.45, 7) is 1.64. The summed E-state index contributed by atoms with van der Waals surface area (Å²) in [5.74, 6) is -1.05. The van der Waals surface area contributed by atoms with Crippen molar-refractivity contribution < 1.29 is 23.4 Å². The number of carboxylic acid groups (broad SMARTS) is 1. The highest BCUT2D eigenvalue weighted by molar-refractivity contribution is 7.91. The van der Waals surface area contributed by atoms with Gasteiger partial charge in [-0.2, -0.15) is 0 Å². The lowest BCUT2D eigenvalue weighted by molar-refractivity contribution is 0.0696. The molecule has 0 aliphatic heterocycles. The summed E-state index contributed by atoms with van der Waals surface area (Å²) in [6, 6.07) is 4.04. The van der Waals surface area contributed by atoms with Crippen LogP contribution >= 0.6 is 0 Å². The fraction of sp³-hybridized carbons (Fsp3) is 0.462. The molecule has 0 saturated heterocycles. The highest BCUT2D eigenvalue weighted by atomic mass is 32.2. The van der Waals surface area contributed by atoms with E-state index >= 15 is 0 Å². The van der Waals surface area contributed by atoms with Crippen LogP contribution in [0.4, 0.5) is 0 Å². The zero-order valence-corrected chi connectivity index (χ0v) is 11.6. The van der Waals surface area contributed by atoms with Crippen LogP contribution in [0.25, 0.3) is 0 Å². The fourth-order valence-electron chi connectivity index (χ4n) is 1.77. The molecule has 19 heavy (non-hydrogen) atoms. The van der Waals surface area contributed by atoms with Gasteiger partial charge in [-0.1, -0.05) is 6.42 Å². The summed E-state index contributed by atoms with van der Waals surface area (Å²) < 4.78 is 24.0. The summed E-state index contributed by atoms with van der Waals surface area (Å²) in [4.78, 5) is 11.0. The summed E-state index contributed by atoms with van der Waals surface area (Å²) in [6.07, 6.45) is 1.73. The smallest absolute Gasteiger partial charge is 0.335 e. The average Bonchev–Trinajstić information content (AvgIpc) is 2.34. The Hall–Kier alpha value is -1.40. The number of aromatic carboxylic acids is 1. The Balaban J connectivity index is 2.84. The van der Waals surface area contributed by atoms with Gasteiger partial charge >= 0.3 is 5.97 Å². The number of hydrogen-bond acceptors (Lipinski definition) is 4. The lowest BCUT2D eigenvalue weighted by atomic mass is 10.1. The highest BCUT2D eigenvalue weighted by Gasteiger charge is 2.16. The second-order valence-corrected chi connectivity index (χ2v) is 6.49. The molecule has 0 bridgehead atoms. The minimum absolute atomic E-state index is 0.0128. The second kappa shape index (κ2) is 6.68. The lowest BCUT2D eigenvalue weighted by Gasteiger charge is -2.07. The maximum absolute atomic E-state index is 12.0. The van der Waals surface area contributed by atoms with E-state index in [1.165, 1.54) is 18.2 Å². The number of aryl methyl sites for hydroxylation is 1. The van der Waals surface area contributed by atoms with Crippen LogP contribution in [0.3, 0.4) is 0 Å². The number of rotatable bonds is 7. The monoisotopic (exact) mass is 286 g/mol. The normalized spacial score (nSPS) is 11.5. The molecule has 0 saturated carbocycles. The van der Waals surface area contributed by atoms with Crippen molar-refractivity contribution in [3.05, 3.63) is 29.3 Å². The van der Waals surface area contributed by atoms with Gasteiger partial charge in [0, 0.05) is 6.61 Å². The molecule has 0 amide bonds. The van der Waals surface area contributed by atoms with Crippen LogP contribution in [0.2, 0.25) is 0 Å². The molecule has 6 heteroatoms. The molecule has 0 aliphatic rings. The molecular weight excluding hydrogens is 268 g/mol. The third kappa shape index (κ3) is 4.33. The van der Waals surface area contributed by atoms with Gasteiger partial charge in [-0.05, 0) is 43.5 Å². The predicted octanol–water partition coefficient (Wildman–Crippen LogP) is 1.63. The molecule has 0 aromatic heterocycles. The van der Waals surface area contributed by atoms with Gasteiger partial charge in [-0.15, -0.1) is 0 Å². The van der Waals surface area contributed by atoms with Crippen LogP contribution < -0.4 is 0 Å². The van der Waals surface area contributed by atoms with Crippen molar-refractivity contribution in [1.29, 1.82) is 0 Å². The van der Waals surface area contributed by atoms with Gasteiger partial charge in [-0.25, -0.2) is 13.2 Å². The van der Waals surface area contributed by atoms with E-state index in [4.69, 9.17) is 10.2 Å². The lowest BCUT2D eigenvalue weighted by Crippen LogP contribution is -2.09. The van der Waals surface area contributed by atoms with Crippen LogP contribution in [0.15, 0.2) is 23.1 Å². The Labute approximate surface area is 112 Å². The first-order valence-electron chi connectivity index (χ1n) is 6.06. The van der Waals surface area contributed by atoms with E-state index < -0.39 is 15.8 Å². The third-order valence-electron chi connectivity index (χ3n) is 2.86. The molecule has 0 aliphatic carbocycles. The van der Waals surface area contributed by atoms with E-state index in [0.29, 0.717) is 24.8 Å². The quantitative estimate of drug-likeness (QED) is 0.743. The summed E-state index contributed by atoms with van der Waals surface area (Å²) in [7, 11) is -3.38. The standard InChI is InChI=1S/C13H18O5S/c1-10-9-11(5-6-12(10)13(15)16)19(17,18)8-4-2-3-7-14/h5-6,9,14H,2-4,7-8H2,1H3,(H,15,16). The molecule has 5 nitrogen and oxygen atoms in total. The van der Waals surface area contributed by atoms with Crippen molar-refractivity contribution in [3.8, 4) is 0 Å². The van der Waals surface area contributed by atoms with E-state index in [1.54, 1.807) is 6.92 Å². The molecule has 0 unspecified atom stereocenters. The van der Waals surface area contributed by atoms with Crippen molar-refractivity contribution in [2.75, 3.05) is 12.4 Å². The van der Waals surface area contributed by atoms with Crippen molar-refractivity contribution in [1.82, 2.24) is 0 Å². The fourth-order valence-corrected chi connectivity index (χ4v) is 3.22. The topological polar surface area (TPSA) is 91.7 Å². The number of benzene rings is 1. The van der Waals surface area contributed by atoms with E-state index in [0.717, 1.165) is 0 Å². The number of carbonyl (C=O) groups is 1. The SMILES string of the molecule is Cc1cc(S(=O)(=O)CCCCCO)ccc1C(=O)O. The molecular formula is C13H18O5S. The van der Waals surface area contributed by atoms with Crippen LogP contribution in [-0.4, -0.2) is 37.0 Å². The van der Waals surface area contributed by atoms with Gasteiger partial charge in [0.05, 0.1) is 16.2 Å². The molecule has 1 rings (SSSR count). The molecule has 0 spiro atoms. The Kier molecular flexibility index (Phi) is 5.50. The van der Waals surface area contributed by atoms with Crippen molar-refractivity contribution in [2.45, 2.75) is 31.1 Å². The van der Waals surface area contributed by atoms with Gasteiger partial charge < -0.3 is 10.2 Å². The second-order valence-electron chi connectivity index (χ2n) is 4.39. The summed E-state index contributed by atoms with van der Waals surface area (Å²) in [5.41, 5.74) is 0.545. The Morgan fingerprint density at radius 1 is 1.21 bits per heavy atom. The zero-order valence-electron chi connectivity index (χ0n) is 10.8. The molecule has 0 heterocycles. The van der Waals surface area contributed by atoms with Gasteiger partial charge in [0.25, 0.3) is 0 Å². The summed E-state index contributed by atoms with van der Waals surface area (Å²) >= 11 is 0. The van der Waals surface area contributed by atoms with Crippen LogP contribution in [0, 0.1) is 6.92 Å². The number of aliphatic hydroxyl groups is 1. The molecule has 1 aromatic rings. The maximum Gasteiger partial charge on any atom is 0.335 e. The maximum atomic E-state index is 12.0. The number of carboxylic acids is 1. The van der Waals surface area contributed by atoms with E-state index in [9.17, 15) is 13.2 Å². The van der Waals surface area contributed by atoms with Gasteiger partial charge in [0.2, 0.25) is 0 Å². The zero-order chi connectivity index (χ0) is 14.5. The third-order valence-corrected chi connectivity index (χ3v) is 4.66. The molecule has 0 atom stereocenters. The van der Waals surface area contributed by atoms with E-state index in [1.807, 2.05) is 0 Å². The van der Waals surface area contributed by atoms with Crippen LogP contribution in [0.5, 0.6) is 0 Å². The molecule has 1 aromatic carbocycles. The average molecular weight is 286 g/mol. The molecule has 106 valence electrons. The predicted molar refractivity (Wildman–Crippen MR) is 71.1 cm³/mol. The minimum Gasteiger partial charge on any atom is -0.478 e. The number of sulfone groups is 1. The van der Waals surface area contributed by atoms with Crippen molar-refractivity contribution in [2.24, 2.45) is 0 Å². The highest BCUT2D eigenvalue weighted by Crippen LogP contribution is 2.18. The Morgan fingerprint density at radius 3 is 2.42 bits per heavy atom. The first-order chi connectivity index (χ1) is 8.88. The Morgan fingerprint density at radius 2 is 1.89 bits per heavy atom. The number of aliphatic hydroxyl groups excluding tert-OH is 1. The van der Waals surface area contributed by atoms with Crippen molar-refractivity contribution in [3.63, 3.8) is 0 Å². The summed E-state index contributed by atoms with van der Waals surface area (Å²) in [5, 5.41) is 17.5. The van der Waals surface area contributed by atoms with E-state index in [-0.39, 0.29) is 22.8 Å².